The van der Waals surface area contributed by atoms with Crippen LogP contribution in [0.25, 0.3) is 11.0 Å². The highest BCUT2D eigenvalue weighted by Crippen LogP contribution is 2.38. The summed E-state index contributed by atoms with van der Waals surface area (Å²) in [5, 5.41) is 21.8. The van der Waals surface area contributed by atoms with Crippen molar-refractivity contribution < 1.29 is 28.9 Å². The third-order valence-electron chi connectivity index (χ3n) is 6.59. The van der Waals surface area contributed by atoms with Crippen molar-refractivity contribution in [2.75, 3.05) is 6.61 Å². The number of ether oxygens (including phenoxy) is 2. The van der Waals surface area contributed by atoms with Gasteiger partial charge in [0, 0.05) is 17.0 Å². The SMILES string of the molecule is CCOC(=O)c1cc(O)c(OCc2cc(=O)oc3ccc(Cc4ccccc4)c(Cc4ccccc4)c23)c(O)c1. The highest BCUT2D eigenvalue weighted by molar-refractivity contribution is 5.91. The first kappa shape index (κ1) is 26.6. The maximum atomic E-state index is 12.5. The second kappa shape index (κ2) is 11.8. The summed E-state index contributed by atoms with van der Waals surface area (Å²) in [5.41, 5.74) is 4.70. The highest BCUT2D eigenvalue weighted by atomic mass is 16.5. The van der Waals surface area contributed by atoms with E-state index in [0.29, 0.717) is 24.0 Å². The van der Waals surface area contributed by atoms with Gasteiger partial charge in [-0.1, -0.05) is 66.7 Å². The van der Waals surface area contributed by atoms with E-state index in [1.165, 1.54) is 18.2 Å². The van der Waals surface area contributed by atoms with Gasteiger partial charge in [0.25, 0.3) is 0 Å². The Morgan fingerprint density at radius 3 is 2.05 bits per heavy atom. The van der Waals surface area contributed by atoms with Crippen molar-refractivity contribution in [2.45, 2.75) is 26.4 Å². The van der Waals surface area contributed by atoms with Gasteiger partial charge in [0.15, 0.2) is 11.5 Å². The van der Waals surface area contributed by atoms with E-state index in [-0.39, 0.29) is 24.5 Å². The molecule has 0 amide bonds. The molecular weight excluding hydrogens is 508 g/mol. The second-order valence-electron chi connectivity index (χ2n) is 9.34. The number of fused-ring (bicyclic) bond motifs is 1. The van der Waals surface area contributed by atoms with Crippen molar-refractivity contribution in [3.8, 4) is 17.2 Å². The summed E-state index contributed by atoms with van der Waals surface area (Å²) < 4.78 is 16.4. The Morgan fingerprint density at radius 1 is 0.800 bits per heavy atom. The standard InChI is InChI=1S/C33H28O7/c1-2-38-33(37)24-17-27(34)32(28(35)18-24)39-20-25-19-30(36)40-29-14-13-23(15-21-9-5-3-6-10-21)26(31(25)29)16-22-11-7-4-8-12-22/h3-14,17-19,34-35H,2,15-16,20H2,1H3. The number of carbonyl (C=O) groups excluding carboxylic acids is 1. The molecule has 0 bridgehead atoms. The molecule has 5 aromatic rings. The lowest BCUT2D eigenvalue weighted by Crippen LogP contribution is -2.08. The zero-order valence-corrected chi connectivity index (χ0v) is 21.9. The van der Waals surface area contributed by atoms with E-state index in [1.807, 2.05) is 54.6 Å². The van der Waals surface area contributed by atoms with Crippen molar-refractivity contribution >= 4 is 16.9 Å². The van der Waals surface area contributed by atoms with Gasteiger partial charge in [-0.2, -0.15) is 0 Å². The lowest BCUT2D eigenvalue weighted by Gasteiger charge is -2.17. The minimum Gasteiger partial charge on any atom is -0.504 e. The topological polar surface area (TPSA) is 106 Å². The van der Waals surface area contributed by atoms with Gasteiger partial charge >= 0.3 is 11.6 Å². The average Bonchev–Trinajstić information content (AvgIpc) is 2.94. The number of hydrogen-bond acceptors (Lipinski definition) is 7. The fourth-order valence-corrected chi connectivity index (χ4v) is 4.78. The number of benzene rings is 4. The van der Waals surface area contributed by atoms with Crippen LogP contribution in [-0.2, 0) is 24.2 Å². The third-order valence-corrected chi connectivity index (χ3v) is 6.59. The van der Waals surface area contributed by atoms with Crippen LogP contribution in [0.15, 0.2) is 100 Å². The quantitative estimate of drug-likeness (QED) is 0.172. The van der Waals surface area contributed by atoms with Crippen LogP contribution in [0, 0.1) is 0 Å². The minimum absolute atomic E-state index is 0.00861. The summed E-state index contributed by atoms with van der Waals surface area (Å²) in [4.78, 5) is 24.5. The molecule has 0 atom stereocenters. The lowest BCUT2D eigenvalue weighted by molar-refractivity contribution is 0.0525. The molecule has 0 radical (unpaired) electrons. The Hall–Kier alpha value is -5.04. The number of rotatable bonds is 9. The molecule has 1 aromatic heterocycles. The minimum atomic E-state index is -0.678. The van der Waals surface area contributed by atoms with E-state index >= 15 is 0 Å². The smallest absolute Gasteiger partial charge is 0.338 e. The molecule has 0 spiro atoms. The largest absolute Gasteiger partial charge is 0.504 e. The molecule has 0 aliphatic heterocycles. The summed E-state index contributed by atoms with van der Waals surface area (Å²) in [6, 6.07) is 27.6. The van der Waals surface area contributed by atoms with Crippen LogP contribution in [-0.4, -0.2) is 22.8 Å². The molecule has 4 aromatic carbocycles. The van der Waals surface area contributed by atoms with Crippen LogP contribution >= 0.6 is 0 Å². The van der Waals surface area contributed by atoms with Crippen molar-refractivity contribution in [1.82, 2.24) is 0 Å². The van der Waals surface area contributed by atoms with Gasteiger partial charge in [-0.25, -0.2) is 9.59 Å². The number of phenols is 2. The Labute approximate surface area is 230 Å². The van der Waals surface area contributed by atoms with Gasteiger partial charge in [-0.3, -0.25) is 0 Å². The van der Waals surface area contributed by atoms with E-state index < -0.39 is 23.1 Å². The summed E-state index contributed by atoms with van der Waals surface area (Å²) in [5.74, 6) is -1.74. The Kier molecular flexibility index (Phi) is 7.82. The normalized spacial score (nSPS) is 10.9. The summed E-state index contributed by atoms with van der Waals surface area (Å²) >= 11 is 0. The molecule has 202 valence electrons. The molecule has 1 heterocycles. The molecule has 5 rings (SSSR count). The van der Waals surface area contributed by atoms with E-state index in [1.54, 1.807) is 13.0 Å². The van der Waals surface area contributed by atoms with Crippen molar-refractivity contribution in [3.05, 3.63) is 135 Å². The van der Waals surface area contributed by atoms with E-state index in [2.05, 4.69) is 12.1 Å². The summed E-state index contributed by atoms with van der Waals surface area (Å²) in [6.45, 7) is 1.67. The van der Waals surface area contributed by atoms with Gasteiger partial charge in [-0.05, 0) is 60.2 Å². The molecule has 0 saturated carbocycles. The first-order chi connectivity index (χ1) is 19.4. The molecule has 0 aliphatic rings. The predicted octanol–water partition coefficient (Wildman–Crippen LogP) is 6.14. The van der Waals surface area contributed by atoms with E-state index in [4.69, 9.17) is 13.9 Å². The van der Waals surface area contributed by atoms with Gasteiger partial charge in [0.2, 0.25) is 5.75 Å². The van der Waals surface area contributed by atoms with Gasteiger partial charge in [0.05, 0.1) is 12.2 Å². The number of carbonyl (C=O) groups is 1. The number of hydrogen-bond donors (Lipinski definition) is 2. The van der Waals surface area contributed by atoms with E-state index in [0.717, 1.165) is 27.6 Å². The molecule has 0 fully saturated rings. The molecule has 0 unspecified atom stereocenters. The van der Waals surface area contributed by atoms with Crippen molar-refractivity contribution in [3.63, 3.8) is 0 Å². The maximum absolute atomic E-state index is 12.5. The van der Waals surface area contributed by atoms with E-state index in [9.17, 15) is 19.8 Å². The zero-order valence-electron chi connectivity index (χ0n) is 21.9. The molecule has 7 nitrogen and oxygen atoms in total. The Morgan fingerprint density at radius 2 is 1.43 bits per heavy atom. The Balaban J connectivity index is 1.57. The monoisotopic (exact) mass is 536 g/mol. The average molecular weight is 537 g/mol. The molecule has 7 heteroatoms. The number of aromatic hydroxyl groups is 2. The van der Waals surface area contributed by atoms with Gasteiger partial charge in [-0.15, -0.1) is 0 Å². The van der Waals surface area contributed by atoms with Gasteiger partial charge < -0.3 is 24.1 Å². The Bertz CT molecular complexity index is 1680. The third kappa shape index (κ3) is 5.83. The first-order valence-corrected chi connectivity index (χ1v) is 12.9. The fourth-order valence-electron chi connectivity index (χ4n) is 4.78. The molecule has 0 aliphatic carbocycles. The predicted molar refractivity (Wildman–Crippen MR) is 151 cm³/mol. The number of phenolic OH excluding ortho intramolecular Hbond substituents is 2. The van der Waals surface area contributed by atoms with Crippen molar-refractivity contribution in [2.24, 2.45) is 0 Å². The van der Waals surface area contributed by atoms with Crippen LogP contribution < -0.4 is 10.4 Å². The van der Waals surface area contributed by atoms with Crippen LogP contribution in [0.2, 0.25) is 0 Å². The maximum Gasteiger partial charge on any atom is 0.338 e. The van der Waals surface area contributed by atoms with Crippen molar-refractivity contribution in [1.29, 1.82) is 0 Å². The summed E-state index contributed by atoms with van der Waals surface area (Å²) in [6.07, 6.45) is 1.26. The fraction of sp³-hybridized carbons (Fsp3) is 0.152. The summed E-state index contributed by atoms with van der Waals surface area (Å²) in [7, 11) is 0. The van der Waals surface area contributed by atoms with Crippen LogP contribution in [0.4, 0.5) is 0 Å². The van der Waals surface area contributed by atoms with Crippen LogP contribution in [0.3, 0.4) is 0 Å². The molecular formula is C33H28O7. The zero-order chi connectivity index (χ0) is 28.1. The lowest BCUT2D eigenvalue weighted by atomic mass is 9.90. The van der Waals surface area contributed by atoms with Crippen LogP contribution in [0.5, 0.6) is 17.2 Å². The van der Waals surface area contributed by atoms with Gasteiger partial charge in [0.1, 0.15) is 12.2 Å². The molecule has 40 heavy (non-hydrogen) atoms. The number of esters is 1. The van der Waals surface area contributed by atoms with Crippen LogP contribution in [0.1, 0.15) is 45.1 Å². The second-order valence-corrected chi connectivity index (χ2v) is 9.34. The highest BCUT2D eigenvalue weighted by Gasteiger charge is 2.19. The molecule has 2 N–H and O–H groups in total. The molecule has 0 saturated heterocycles. The first-order valence-electron chi connectivity index (χ1n) is 12.9.